The molecule has 0 spiro atoms. The summed E-state index contributed by atoms with van der Waals surface area (Å²) in [6.07, 6.45) is 0.554. The van der Waals surface area contributed by atoms with Crippen LogP contribution >= 0.6 is 0 Å². The molecule has 0 saturated carbocycles. The van der Waals surface area contributed by atoms with Gasteiger partial charge in [-0.25, -0.2) is 9.78 Å². The van der Waals surface area contributed by atoms with Crippen molar-refractivity contribution >= 4 is 34.1 Å². The van der Waals surface area contributed by atoms with Crippen molar-refractivity contribution in [1.82, 2.24) is 9.66 Å². The van der Waals surface area contributed by atoms with Gasteiger partial charge in [-0.15, -0.1) is 0 Å². The van der Waals surface area contributed by atoms with Crippen LogP contribution in [0.2, 0.25) is 0 Å². The third-order valence-electron chi connectivity index (χ3n) is 6.35. The second kappa shape index (κ2) is 11.4. The molecule has 5 aromatic rings. The van der Waals surface area contributed by atoms with E-state index in [1.54, 1.807) is 62.6 Å². The molecular formula is C30H27N3O8. The first-order chi connectivity index (χ1) is 19.9. The van der Waals surface area contributed by atoms with Crippen LogP contribution in [0.1, 0.15) is 12.5 Å². The number of ether oxygens (including phenoxy) is 5. The molecule has 210 valence electrons. The fourth-order valence-electron chi connectivity index (χ4n) is 4.32. The number of benzene rings is 3. The number of furan rings is 1. The lowest BCUT2D eigenvalue weighted by Crippen LogP contribution is -2.25. The Morgan fingerprint density at radius 3 is 2.32 bits per heavy atom. The fraction of sp³-hybridized carbons (Fsp3) is 0.200. The molecule has 0 bridgehead atoms. The first-order valence-corrected chi connectivity index (χ1v) is 12.5. The van der Waals surface area contributed by atoms with Crippen LogP contribution in [-0.4, -0.2) is 56.4 Å². The van der Waals surface area contributed by atoms with Crippen LogP contribution < -0.4 is 24.5 Å². The van der Waals surface area contributed by atoms with Crippen LogP contribution in [-0.2, 0) is 9.53 Å². The van der Waals surface area contributed by atoms with E-state index in [0.717, 1.165) is 5.39 Å². The molecule has 0 fully saturated rings. The molecule has 0 saturated heterocycles. The average Bonchev–Trinajstić information content (AvgIpc) is 3.44. The third kappa shape index (κ3) is 5.17. The summed E-state index contributed by atoms with van der Waals surface area (Å²) in [6, 6.07) is 17.5. The second-order valence-corrected chi connectivity index (χ2v) is 8.83. The molecule has 0 N–H and O–H groups in total. The van der Waals surface area contributed by atoms with Crippen LogP contribution in [0.4, 0.5) is 0 Å². The van der Waals surface area contributed by atoms with Gasteiger partial charge in [0.25, 0.3) is 5.56 Å². The van der Waals surface area contributed by atoms with E-state index in [4.69, 9.17) is 33.1 Å². The molecular weight excluding hydrogens is 530 g/mol. The van der Waals surface area contributed by atoms with Gasteiger partial charge in [-0.3, -0.25) is 4.79 Å². The SMILES string of the molecule is COC(=O)[C@@H](C)Oc1c(OC)cc(C=Nn2c(-c3cc4c(OC)cccc4o3)nc3ccccc3c2=O)cc1OC. The van der Waals surface area contributed by atoms with Crippen molar-refractivity contribution in [3.05, 3.63) is 76.6 Å². The molecule has 0 aliphatic carbocycles. The van der Waals surface area contributed by atoms with Gasteiger partial charge >= 0.3 is 5.97 Å². The van der Waals surface area contributed by atoms with E-state index >= 15 is 0 Å². The monoisotopic (exact) mass is 557 g/mol. The van der Waals surface area contributed by atoms with Gasteiger partial charge in [0.2, 0.25) is 11.6 Å². The molecule has 0 radical (unpaired) electrons. The maximum Gasteiger partial charge on any atom is 0.346 e. The molecule has 2 heterocycles. The standard InChI is InChI=1S/C30H27N3O8/c1-17(30(35)39-5)40-27-24(37-3)13-18(14-25(27)38-4)16-31-33-28(32-21-10-7-6-9-19(21)29(33)34)26-15-20-22(36-2)11-8-12-23(20)41-26/h6-17H,1-5H3/t17-/m1/s1. The van der Waals surface area contributed by atoms with Crippen molar-refractivity contribution in [1.29, 1.82) is 0 Å². The summed E-state index contributed by atoms with van der Waals surface area (Å²) < 4.78 is 34.2. The highest BCUT2D eigenvalue weighted by atomic mass is 16.6. The van der Waals surface area contributed by atoms with Crippen molar-refractivity contribution in [3.8, 4) is 34.6 Å². The maximum atomic E-state index is 13.6. The molecule has 0 aliphatic heterocycles. The highest BCUT2D eigenvalue weighted by Gasteiger charge is 2.22. The molecule has 11 heteroatoms. The summed E-state index contributed by atoms with van der Waals surface area (Å²) in [5.74, 6) is 1.39. The first-order valence-electron chi connectivity index (χ1n) is 12.5. The second-order valence-electron chi connectivity index (χ2n) is 8.83. The minimum atomic E-state index is -0.908. The van der Waals surface area contributed by atoms with E-state index in [-0.39, 0.29) is 28.6 Å². The lowest BCUT2D eigenvalue weighted by atomic mass is 10.2. The number of hydrogen-bond donors (Lipinski definition) is 0. The number of methoxy groups -OCH3 is 4. The Hall–Kier alpha value is -5.32. The Bertz CT molecular complexity index is 1810. The number of carbonyl (C=O) groups excluding carboxylic acids is 1. The zero-order valence-corrected chi connectivity index (χ0v) is 23.0. The van der Waals surface area contributed by atoms with Crippen LogP contribution in [0.5, 0.6) is 23.0 Å². The summed E-state index contributed by atoms with van der Waals surface area (Å²) in [4.78, 5) is 30.2. The van der Waals surface area contributed by atoms with Crippen LogP contribution in [0.25, 0.3) is 33.5 Å². The molecule has 11 nitrogen and oxygen atoms in total. The molecule has 0 unspecified atom stereocenters. The highest BCUT2D eigenvalue weighted by Crippen LogP contribution is 2.39. The Morgan fingerprint density at radius 2 is 1.63 bits per heavy atom. The zero-order chi connectivity index (χ0) is 29.1. The van der Waals surface area contributed by atoms with Crippen molar-refractivity contribution < 1.29 is 32.9 Å². The van der Waals surface area contributed by atoms with Gasteiger partial charge in [0.1, 0.15) is 11.3 Å². The van der Waals surface area contributed by atoms with E-state index in [0.29, 0.717) is 33.6 Å². The number of aromatic nitrogens is 2. The predicted octanol–water partition coefficient (Wildman–Crippen LogP) is 4.66. The number of fused-ring (bicyclic) bond motifs is 2. The van der Waals surface area contributed by atoms with Crippen molar-refractivity contribution in [2.45, 2.75) is 13.0 Å². The number of carbonyl (C=O) groups is 1. The van der Waals surface area contributed by atoms with Crippen molar-refractivity contribution in [3.63, 3.8) is 0 Å². The summed E-state index contributed by atoms with van der Waals surface area (Å²) in [6.45, 7) is 1.55. The van der Waals surface area contributed by atoms with Gasteiger partial charge in [0.15, 0.2) is 23.4 Å². The fourth-order valence-corrected chi connectivity index (χ4v) is 4.32. The third-order valence-corrected chi connectivity index (χ3v) is 6.35. The molecule has 0 aliphatic rings. The predicted molar refractivity (Wildman–Crippen MR) is 152 cm³/mol. The Morgan fingerprint density at radius 1 is 0.927 bits per heavy atom. The first kappa shape index (κ1) is 27.3. The normalized spacial score (nSPS) is 12.0. The topological polar surface area (TPSA) is 124 Å². The Kier molecular flexibility index (Phi) is 7.59. The van der Waals surface area contributed by atoms with Crippen LogP contribution in [0, 0.1) is 0 Å². The summed E-state index contributed by atoms with van der Waals surface area (Å²) in [7, 11) is 5.76. The number of esters is 1. The van der Waals surface area contributed by atoms with Gasteiger partial charge < -0.3 is 28.1 Å². The molecule has 3 aromatic carbocycles. The number of hydrogen-bond acceptors (Lipinski definition) is 10. The lowest BCUT2D eigenvalue weighted by molar-refractivity contribution is -0.148. The van der Waals surface area contributed by atoms with Gasteiger partial charge in [-0.1, -0.05) is 18.2 Å². The largest absolute Gasteiger partial charge is 0.496 e. The molecule has 0 amide bonds. The lowest BCUT2D eigenvalue weighted by Gasteiger charge is -2.18. The number of rotatable bonds is 9. The minimum absolute atomic E-state index is 0.203. The van der Waals surface area contributed by atoms with Crippen molar-refractivity contribution in [2.75, 3.05) is 28.4 Å². The quantitative estimate of drug-likeness (QED) is 0.188. The van der Waals surface area contributed by atoms with Gasteiger partial charge in [-0.05, 0) is 49.4 Å². The Balaban J connectivity index is 1.63. The van der Waals surface area contributed by atoms with Crippen molar-refractivity contribution in [2.24, 2.45) is 5.10 Å². The van der Waals surface area contributed by atoms with Gasteiger partial charge in [0, 0.05) is 5.56 Å². The summed E-state index contributed by atoms with van der Waals surface area (Å²) in [5, 5.41) is 5.62. The highest BCUT2D eigenvalue weighted by molar-refractivity contribution is 5.89. The summed E-state index contributed by atoms with van der Waals surface area (Å²) in [5.41, 5.74) is 1.20. The van der Waals surface area contributed by atoms with Gasteiger partial charge in [0.05, 0.1) is 50.9 Å². The summed E-state index contributed by atoms with van der Waals surface area (Å²) >= 11 is 0. The molecule has 1 atom stereocenters. The molecule has 41 heavy (non-hydrogen) atoms. The smallest absolute Gasteiger partial charge is 0.346 e. The maximum absolute atomic E-state index is 13.6. The van der Waals surface area contributed by atoms with Crippen LogP contribution in [0.3, 0.4) is 0 Å². The van der Waals surface area contributed by atoms with E-state index in [9.17, 15) is 9.59 Å². The average molecular weight is 558 g/mol. The van der Waals surface area contributed by atoms with Crippen LogP contribution in [0.15, 0.2) is 75.0 Å². The number of para-hydroxylation sites is 1. The number of nitrogens with zero attached hydrogens (tertiary/aromatic N) is 3. The van der Waals surface area contributed by atoms with Gasteiger partial charge in [-0.2, -0.15) is 9.78 Å². The van der Waals surface area contributed by atoms with E-state index in [1.165, 1.54) is 32.2 Å². The Labute approximate surface area is 234 Å². The van der Waals surface area contributed by atoms with E-state index < -0.39 is 12.1 Å². The zero-order valence-electron chi connectivity index (χ0n) is 23.0. The van der Waals surface area contributed by atoms with E-state index in [2.05, 4.69) is 5.10 Å². The molecule has 5 rings (SSSR count). The molecule has 2 aromatic heterocycles. The van der Waals surface area contributed by atoms with E-state index in [1.807, 2.05) is 12.1 Å². The minimum Gasteiger partial charge on any atom is -0.496 e.